The molecule has 0 bridgehead atoms. The standard InChI is InChI=1S/C34H42N6O3/c1-5-12-30-29(33(42)39(34-36-23(3)37-40(30)34)22-31(41)26-13-8-7-9-14-26)21-24-17-19-25(20-18-24)27-15-10-11-16-28(27)32(35-4)38-43-6-2/h6,10-11,15-20,26,31,41H,2,5,7-9,12-14,21-22H2,1,3-4H3,(H,35,38). The summed E-state index contributed by atoms with van der Waals surface area (Å²) in [4.78, 5) is 28.3. The number of aliphatic hydroxyl groups excluding tert-OH is 1. The molecule has 2 aromatic carbocycles. The molecule has 43 heavy (non-hydrogen) atoms. The molecule has 5 rings (SSSR count). The van der Waals surface area contributed by atoms with Gasteiger partial charge in [-0.3, -0.25) is 14.4 Å². The Labute approximate surface area is 252 Å². The molecule has 0 radical (unpaired) electrons. The van der Waals surface area contributed by atoms with Gasteiger partial charge in [0, 0.05) is 24.6 Å². The second-order valence-corrected chi connectivity index (χ2v) is 11.3. The van der Waals surface area contributed by atoms with Gasteiger partial charge in [0.1, 0.15) is 12.1 Å². The molecule has 0 aliphatic heterocycles. The number of amidine groups is 1. The van der Waals surface area contributed by atoms with Gasteiger partial charge in [-0.05, 0) is 48.8 Å². The molecule has 9 nitrogen and oxygen atoms in total. The van der Waals surface area contributed by atoms with Gasteiger partial charge >= 0.3 is 0 Å². The maximum atomic E-state index is 14.2. The summed E-state index contributed by atoms with van der Waals surface area (Å²) in [7, 11) is 1.71. The van der Waals surface area contributed by atoms with Crippen molar-refractivity contribution < 1.29 is 9.94 Å². The number of benzene rings is 2. The SMILES string of the molecule is C=CONC(=NC)c1ccccc1-c1ccc(Cc2c(CCC)n3nc(C)nc3n(CC(O)C3CCCCC3)c2=O)cc1. The lowest BCUT2D eigenvalue weighted by atomic mass is 9.85. The smallest absolute Gasteiger partial charge is 0.258 e. The summed E-state index contributed by atoms with van der Waals surface area (Å²) in [5.41, 5.74) is 8.27. The predicted molar refractivity (Wildman–Crippen MR) is 170 cm³/mol. The molecule has 9 heteroatoms. The van der Waals surface area contributed by atoms with E-state index in [0.717, 1.165) is 60.1 Å². The number of hydroxylamine groups is 1. The Kier molecular flexibility index (Phi) is 9.72. The molecule has 1 atom stereocenters. The highest BCUT2D eigenvalue weighted by Crippen LogP contribution is 2.28. The van der Waals surface area contributed by atoms with Crippen LogP contribution in [0.4, 0.5) is 0 Å². The monoisotopic (exact) mass is 582 g/mol. The Morgan fingerprint density at radius 3 is 2.63 bits per heavy atom. The third-order valence-corrected chi connectivity index (χ3v) is 8.39. The highest BCUT2D eigenvalue weighted by Gasteiger charge is 2.26. The van der Waals surface area contributed by atoms with Gasteiger partial charge in [0.15, 0.2) is 5.84 Å². The van der Waals surface area contributed by atoms with Crippen LogP contribution in [0, 0.1) is 12.8 Å². The summed E-state index contributed by atoms with van der Waals surface area (Å²) in [6.45, 7) is 7.76. The third-order valence-electron chi connectivity index (χ3n) is 8.39. The minimum Gasteiger partial charge on any atom is -0.391 e. The summed E-state index contributed by atoms with van der Waals surface area (Å²) in [5, 5.41) is 15.9. The highest BCUT2D eigenvalue weighted by molar-refractivity contribution is 6.03. The van der Waals surface area contributed by atoms with E-state index in [2.05, 4.69) is 53.2 Å². The van der Waals surface area contributed by atoms with Crippen LogP contribution in [0.1, 0.15) is 73.7 Å². The number of nitrogens with zero attached hydrogens (tertiary/aromatic N) is 5. The average Bonchev–Trinajstić information content (AvgIpc) is 3.43. The van der Waals surface area contributed by atoms with Gasteiger partial charge in [-0.25, -0.2) is 10.00 Å². The van der Waals surface area contributed by atoms with Gasteiger partial charge in [0.05, 0.1) is 18.3 Å². The Bertz CT molecular complexity index is 1650. The molecule has 4 aromatic rings. The molecule has 0 saturated heterocycles. The Morgan fingerprint density at radius 2 is 1.93 bits per heavy atom. The van der Waals surface area contributed by atoms with Crippen LogP contribution in [-0.4, -0.2) is 43.3 Å². The average molecular weight is 583 g/mol. The zero-order valence-corrected chi connectivity index (χ0v) is 25.4. The molecule has 2 heterocycles. The minimum absolute atomic E-state index is 0.0928. The van der Waals surface area contributed by atoms with Crippen molar-refractivity contribution >= 4 is 11.6 Å². The Morgan fingerprint density at radius 1 is 1.19 bits per heavy atom. The molecule has 1 aliphatic rings. The summed E-state index contributed by atoms with van der Waals surface area (Å²) in [6, 6.07) is 16.2. The predicted octanol–water partition coefficient (Wildman–Crippen LogP) is 5.39. The normalized spacial score (nSPS) is 15.0. The summed E-state index contributed by atoms with van der Waals surface area (Å²) in [5.74, 6) is 1.92. The molecule has 2 aromatic heterocycles. The van der Waals surface area contributed by atoms with Crippen LogP contribution in [0.5, 0.6) is 0 Å². The molecule has 1 unspecified atom stereocenters. The number of aliphatic hydroxyl groups is 1. The first-order chi connectivity index (χ1) is 20.9. The lowest BCUT2D eigenvalue weighted by Gasteiger charge is -2.27. The quantitative estimate of drug-likeness (QED) is 0.106. The van der Waals surface area contributed by atoms with Crippen LogP contribution in [0.3, 0.4) is 0 Å². The van der Waals surface area contributed by atoms with Gasteiger partial charge in [0.2, 0.25) is 5.78 Å². The maximum absolute atomic E-state index is 14.2. The van der Waals surface area contributed by atoms with E-state index in [4.69, 9.17) is 9.94 Å². The minimum atomic E-state index is -0.592. The van der Waals surface area contributed by atoms with Crippen LogP contribution >= 0.6 is 0 Å². The number of aryl methyl sites for hydroxylation is 2. The van der Waals surface area contributed by atoms with Crippen molar-refractivity contribution in [3.05, 3.63) is 99.9 Å². The second-order valence-electron chi connectivity index (χ2n) is 11.3. The fourth-order valence-corrected chi connectivity index (χ4v) is 6.22. The van der Waals surface area contributed by atoms with Crippen molar-refractivity contribution in [1.29, 1.82) is 0 Å². The van der Waals surface area contributed by atoms with Crippen molar-refractivity contribution in [1.82, 2.24) is 24.6 Å². The van der Waals surface area contributed by atoms with E-state index >= 15 is 0 Å². The number of hydrogen-bond acceptors (Lipinski definition) is 6. The molecule has 1 fully saturated rings. The molecule has 0 amide bonds. The maximum Gasteiger partial charge on any atom is 0.258 e. The fraction of sp³-hybridized carbons (Fsp3) is 0.412. The van der Waals surface area contributed by atoms with Crippen molar-refractivity contribution in [2.24, 2.45) is 10.9 Å². The first-order valence-electron chi connectivity index (χ1n) is 15.3. The Hall–Kier alpha value is -4.24. The largest absolute Gasteiger partial charge is 0.391 e. The molecule has 226 valence electrons. The van der Waals surface area contributed by atoms with Crippen LogP contribution in [0.25, 0.3) is 16.9 Å². The number of nitrogens with one attached hydrogen (secondary N) is 1. The van der Waals surface area contributed by atoms with Crippen LogP contribution in [-0.2, 0) is 24.2 Å². The van der Waals surface area contributed by atoms with Gasteiger partial charge in [-0.2, -0.15) is 10.1 Å². The molecule has 1 aliphatic carbocycles. The van der Waals surface area contributed by atoms with Gasteiger partial charge in [-0.15, -0.1) is 0 Å². The Balaban J connectivity index is 1.50. The van der Waals surface area contributed by atoms with Gasteiger partial charge in [-0.1, -0.05) is 87.7 Å². The number of rotatable bonds is 11. The van der Waals surface area contributed by atoms with Crippen LogP contribution in [0.2, 0.25) is 0 Å². The first kappa shape index (κ1) is 30.2. The fourth-order valence-electron chi connectivity index (χ4n) is 6.22. The zero-order chi connectivity index (χ0) is 30.3. The lowest BCUT2D eigenvalue weighted by molar-refractivity contribution is 0.0693. The number of fused-ring (bicyclic) bond motifs is 1. The summed E-state index contributed by atoms with van der Waals surface area (Å²) >= 11 is 0. The van der Waals surface area contributed by atoms with Crippen molar-refractivity contribution in [2.45, 2.75) is 77.9 Å². The molecule has 0 spiro atoms. The van der Waals surface area contributed by atoms with Crippen molar-refractivity contribution in [3.8, 4) is 11.1 Å². The van der Waals surface area contributed by atoms with E-state index in [-0.39, 0.29) is 18.0 Å². The highest BCUT2D eigenvalue weighted by atomic mass is 16.6. The van der Waals surface area contributed by atoms with E-state index in [1.54, 1.807) is 11.6 Å². The number of aliphatic imine (C=N–C) groups is 1. The summed E-state index contributed by atoms with van der Waals surface area (Å²) < 4.78 is 3.49. The number of aromatic nitrogens is 4. The zero-order valence-electron chi connectivity index (χ0n) is 25.4. The van der Waals surface area contributed by atoms with Gasteiger partial charge in [0.25, 0.3) is 5.56 Å². The van der Waals surface area contributed by atoms with Crippen LogP contribution < -0.4 is 11.0 Å². The third kappa shape index (κ3) is 6.57. The summed E-state index contributed by atoms with van der Waals surface area (Å²) in [6.07, 6.45) is 8.23. The van der Waals surface area contributed by atoms with E-state index in [9.17, 15) is 9.90 Å². The molecular weight excluding hydrogens is 540 g/mol. The van der Waals surface area contributed by atoms with Crippen molar-refractivity contribution in [3.63, 3.8) is 0 Å². The molecular formula is C34H42N6O3. The van der Waals surface area contributed by atoms with E-state index in [1.807, 2.05) is 35.7 Å². The topological polar surface area (TPSA) is 106 Å². The number of hydrogen-bond donors (Lipinski definition) is 2. The lowest BCUT2D eigenvalue weighted by Crippen LogP contribution is -2.36. The van der Waals surface area contributed by atoms with Crippen molar-refractivity contribution in [2.75, 3.05) is 7.05 Å². The van der Waals surface area contributed by atoms with Crippen LogP contribution in [0.15, 0.2) is 71.2 Å². The molecule has 1 saturated carbocycles. The first-order valence-corrected chi connectivity index (χ1v) is 15.3. The van der Waals surface area contributed by atoms with E-state index in [0.29, 0.717) is 35.8 Å². The van der Waals surface area contributed by atoms with Gasteiger partial charge < -0.3 is 9.94 Å². The second kappa shape index (κ2) is 13.8. The van der Waals surface area contributed by atoms with E-state index in [1.165, 1.54) is 12.7 Å². The van der Waals surface area contributed by atoms with E-state index < -0.39 is 6.10 Å². The molecule has 2 N–H and O–H groups in total.